The van der Waals surface area contributed by atoms with Gasteiger partial charge in [-0.25, -0.2) is 4.99 Å². The first-order chi connectivity index (χ1) is 11.1. The van der Waals surface area contributed by atoms with Crippen LogP contribution in [0.4, 0.5) is 0 Å². The topological polar surface area (TPSA) is 68.9 Å². The minimum Gasteiger partial charge on any atom is -0.493 e. The zero-order chi connectivity index (χ0) is 16.7. The summed E-state index contributed by atoms with van der Waals surface area (Å²) in [4.78, 5) is 4.36. The molecule has 0 spiro atoms. The van der Waals surface area contributed by atoms with Gasteiger partial charge in [0.25, 0.3) is 0 Å². The molecule has 0 aliphatic heterocycles. The molecule has 1 aromatic carbocycles. The van der Waals surface area contributed by atoms with Crippen LogP contribution in [0.3, 0.4) is 0 Å². The number of guanidine groups is 1. The second kappa shape index (κ2) is 8.65. The first kappa shape index (κ1) is 17.4. The van der Waals surface area contributed by atoms with Crippen LogP contribution in [-0.4, -0.2) is 25.7 Å². The highest BCUT2D eigenvalue weighted by atomic mass is 16.5. The summed E-state index contributed by atoms with van der Waals surface area (Å²) >= 11 is 0. The molecule has 1 aliphatic rings. The van der Waals surface area contributed by atoms with Crippen molar-refractivity contribution in [1.29, 1.82) is 0 Å². The standard InChI is InChI=1S/C18H29N3O2/c1-13(2)11-20-18(19)21-12-14-8-9-16(17(10-14)22-3)23-15-6-4-5-7-15/h8-10,13,15H,4-7,11-12H2,1-3H3,(H3,19,20,21). The summed E-state index contributed by atoms with van der Waals surface area (Å²) in [6.45, 7) is 5.62. The average molecular weight is 319 g/mol. The van der Waals surface area contributed by atoms with E-state index < -0.39 is 0 Å². The molecule has 0 radical (unpaired) electrons. The van der Waals surface area contributed by atoms with Crippen LogP contribution in [0.25, 0.3) is 0 Å². The van der Waals surface area contributed by atoms with Crippen LogP contribution in [0.1, 0.15) is 45.1 Å². The van der Waals surface area contributed by atoms with Gasteiger partial charge in [0.1, 0.15) is 0 Å². The number of nitrogens with one attached hydrogen (secondary N) is 1. The van der Waals surface area contributed by atoms with Gasteiger partial charge in [0, 0.05) is 6.54 Å². The van der Waals surface area contributed by atoms with Gasteiger partial charge in [0.2, 0.25) is 0 Å². The molecule has 0 saturated heterocycles. The minimum absolute atomic E-state index is 0.323. The summed E-state index contributed by atoms with van der Waals surface area (Å²) in [5, 5.41) is 3.11. The maximum atomic E-state index is 6.04. The van der Waals surface area contributed by atoms with Crippen molar-refractivity contribution in [1.82, 2.24) is 5.32 Å². The first-order valence-electron chi connectivity index (χ1n) is 8.46. The third-order valence-electron chi connectivity index (χ3n) is 3.95. The second-order valence-corrected chi connectivity index (χ2v) is 6.49. The third kappa shape index (κ3) is 5.66. The first-order valence-corrected chi connectivity index (χ1v) is 8.46. The van der Waals surface area contributed by atoms with Crippen LogP contribution in [0.2, 0.25) is 0 Å². The molecular weight excluding hydrogens is 290 g/mol. The van der Waals surface area contributed by atoms with E-state index in [4.69, 9.17) is 15.2 Å². The van der Waals surface area contributed by atoms with Crippen molar-refractivity contribution in [2.75, 3.05) is 13.7 Å². The van der Waals surface area contributed by atoms with E-state index in [9.17, 15) is 0 Å². The number of hydrogen-bond acceptors (Lipinski definition) is 3. The molecule has 128 valence electrons. The Morgan fingerprint density at radius 2 is 2.04 bits per heavy atom. The largest absolute Gasteiger partial charge is 0.493 e. The molecule has 0 amide bonds. The Kier molecular flexibility index (Phi) is 6.56. The van der Waals surface area contributed by atoms with Gasteiger partial charge >= 0.3 is 0 Å². The smallest absolute Gasteiger partial charge is 0.188 e. The highest BCUT2D eigenvalue weighted by Gasteiger charge is 2.18. The summed E-state index contributed by atoms with van der Waals surface area (Å²) < 4.78 is 11.5. The van der Waals surface area contributed by atoms with Gasteiger partial charge in [-0.3, -0.25) is 0 Å². The molecule has 23 heavy (non-hydrogen) atoms. The zero-order valence-corrected chi connectivity index (χ0v) is 14.5. The van der Waals surface area contributed by atoms with E-state index in [2.05, 4.69) is 24.2 Å². The summed E-state index contributed by atoms with van der Waals surface area (Å²) in [5.41, 5.74) is 6.91. The molecule has 2 rings (SSSR count). The van der Waals surface area contributed by atoms with E-state index in [0.717, 1.165) is 36.4 Å². The molecule has 0 aromatic heterocycles. The Balaban J connectivity index is 1.96. The fraction of sp³-hybridized carbons (Fsp3) is 0.611. The molecule has 1 aliphatic carbocycles. The molecular formula is C18H29N3O2. The minimum atomic E-state index is 0.323. The maximum absolute atomic E-state index is 6.04. The Bertz CT molecular complexity index is 523. The highest BCUT2D eigenvalue weighted by Crippen LogP contribution is 2.32. The second-order valence-electron chi connectivity index (χ2n) is 6.49. The highest BCUT2D eigenvalue weighted by molar-refractivity contribution is 5.77. The van der Waals surface area contributed by atoms with Gasteiger partial charge in [-0.2, -0.15) is 0 Å². The van der Waals surface area contributed by atoms with Crippen molar-refractivity contribution in [2.24, 2.45) is 16.6 Å². The number of hydrogen-bond donors (Lipinski definition) is 2. The third-order valence-corrected chi connectivity index (χ3v) is 3.95. The van der Waals surface area contributed by atoms with Crippen molar-refractivity contribution in [3.8, 4) is 11.5 Å². The fourth-order valence-electron chi connectivity index (χ4n) is 2.63. The number of aliphatic imine (C=N–C) groups is 1. The summed E-state index contributed by atoms with van der Waals surface area (Å²) in [6.07, 6.45) is 5.09. The van der Waals surface area contributed by atoms with Crippen molar-refractivity contribution < 1.29 is 9.47 Å². The van der Waals surface area contributed by atoms with Crippen molar-refractivity contribution in [2.45, 2.75) is 52.2 Å². The number of rotatable bonds is 7. The van der Waals surface area contributed by atoms with Crippen LogP contribution in [0, 0.1) is 5.92 Å². The predicted octanol–water partition coefficient (Wildman–Crippen LogP) is 3.08. The van der Waals surface area contributed by atoms with Gasteiger partial charge in [0.15, 0.2) is 17.5 Å². The van der Waals surface area contributed by atoms with Gasteiger partial charge < -0.3 is 20.5 Å². The Hall–Kier alpha value is -1.91. The van der Waals surface area contributed by atoms with Gasteiger partial charge in [-0.15, -0.1) is 0 Å². The van der Waals surface area contributed by atoms with E-state index in [1.165, 1.54) is 12.8 Å². The Morgan fingerprint density at radius 3 is 2.70 bits per heavy atom. The van der Waals surface area contributed by atoms with Crippen LogP contribution >= 0.6 is 0 Å². The van der Waals surface area contributed by atoms with Crippen LogP contribution in [-0.2, 0) is 6.54 Å². The SMILES string of the molecule is COc1cc(CN=C(N)NCC(C)C)ccc1OC1CCCC1. The van der Waals surface area contributed by atoms with Crippen molar-refractivity contribution in [3.63, 3.8) is 0 Å². The van der Waals surface area contributed by atoms with Crippen molar-refractivity contribution >= 4 is 5.96 Å². The molecule has 3 N–H and O–H groups in total. The number of benzene rings is 1. The molecule has 0 unspecified atom stereocenters. The molecule has 5 nitrogen and oxygen atoms in total. The van der Waals surface area contributed by atoms with Crippen LogP contribution in [0.15, 0.2) is 23.2 Å². The quantitative estimate of drug-likeness (QED) is 0.598. The molecule has 0 bridgehead atoms. The number of nitrogens with zero attached hydrogens (tertiary/aromatic N) is 1. The molecule has 1 fully saturated rings. The molecule has 1 saturated carbocycles. The lowest BCUT2D eigenvalue weighted by Gasteiger charge is -2.16. The average Bonchev–Trinajstić information content (AvgIpc) is 3.04. The predicted molar refractivity (Wildman–Crippen MR) is 94.0 cm³/mol. The maximum Gasteiger partial charge on any atom is 0.188 e. The van der Waals surface area contributed by atoms with E-state index in [-0.39, 0.29) is 0 Å². The van der Waals surface area contributed by atoms with Gasteiger partial charge in [0.05, 0.1) is 19.8 Å². The van der Waals surface area contributed by atoms with Gasteiger partial charge in [-0.05, 0) is 49.3 Å². The zero-order valence-electron chi connectivity index (χ0n) is 14.5. The molecule has 5 heteroatoms. The molecule has 1 aromatic rings. The van der Waals surface area contributed by atoms with E-state index in [1.54, 1.807) is 7.11 Å². The molecule has 0 heterocycles. The lowest BCUT2D eigenvalue weighted by Crippen LogP contribution is -2.34. The summed E-state index contributed by atoms with van der Waals surface area (Å²) in [5.74, 6) is 2.59. The lowest BCUT2D eigenvalue weighted by molar-refractivity contribution is 0.200. The normalized spacial score (nSPS) is 15.9. The Morgan fingerprint density at radius 1 is 1.30 bits per heavy atom. The fourth-order valence-corrected chi connectivity index (χ4v) is 2.63. The van der Waals surface area contributed by atoms with Gasteiger partial charge in [-0.1, -0.05) is 19.9 Å². The Labute approximate surface area is 139 Å². The number of nitrogens with two attached hydrogens (primary N) is 1. The monoisotopic (exact) mass is 319 g/mol. The molecule has 0 atom stereocenters. The van der Waals surface area contributed by atoms with E-state index >= 15 is 0 Å². The number of ether oxygens (including phenoxy) is 2. The summed E-state index contributed by atoms with van der Waals surface area (Å²) in [7, 11) is 1.67. The van der Waals surface area contributed by atoms with Crippen LogP contribution < -0.4 is 20.5 Å². The van der Waals surface area contributed by atoms with Crippen molar-refractivity contribution in [3.05, 3.63) is 23.8 Å². The number of methoxy groups -OCH3 is 1. The summed E-state index contributed by atoms with van der Waals surface area (Å²) in [6, 6.07) is 5.97. The lowest BCUT2D eigenvalue weighted by atomic mass is 10.2. The van der Waals surface area contributed by atoms with E-state index in [0.29, 0.717) is 24.5 Å². The van der Waals surface area contributed by atoms with Crippen LogP contribution in [0.5, 0.6) is 11.5 Å². The van der Waals surface area contributed by atoms with E-state index in [1.807, 2.05) is 18.2 Å².